The lowest BCUT2D eigenvalue weighted by atomic mass is 9.95. The summed E-state index contributed by atoms with van der Waals surface area (Å²) in [7, 11) is 1.83. The summed E-state index contributed by atoms with van der Waals surface area (Å²) in [6.45, 7) is 0.674. The van der Waals surface area contributed by atoms with Gasteiger partial charge in [-0.05, 0) is 36.9 Å². The molecule has 3 rings (SSSR count). The minimum Gasteiger partial charge on any atom is -0.493 e. The van der Waals surface area contributed by atoms with E-state index >= 15 is 0 Å². The van der Waals surface area contributed by atoms with Crippen LogP contribution in [0.3, 0.4) is 0 Å². The van der Waals surface area contributed by atoms with Crippen LogP contribution in [0.25, 0.3) is 0 Å². The Morgan fingerprint density at radius 2 is 2.10 bits per heavy atom. The van der Waals surface area contributed by atoms with E-state index in [4.69, 9.17) is 4.74 Å². The molecule has 0 radical (unpaired) electrons. The van der Waals surface area contributed by atoms with Crippen LogP contribution in [-0.2, 0) is 6.42 Å². The third-order valence-corrected chi connectivity index (χ3v) is 4.81. The van der Waals surface area contributed by atoms with Gasteiger partial charge in [-0.15, -0.1) is 0 Å². The second-order valence-corrected chi connectivity index (χ2v) is 6.71. The molecule has 0 amide bonds. The first-order valence-electron chi connectivity index (χ1n) is 6.68. The smallest absolute Gasteiger partial charge is 0.129 e. The van der Waals surface area contributed by atoms with Gasteiger partial charge in [-0.2, -0.15) is 0 Å². The van der Waals surface area contributed by atoms with Gasteiger partial charge in [-0.1, -0.05) is 37.9 Å². The molecule has 0 aromatic heterocycles. The van der Waals surface area contributed by atoms with Crippen LogP contribution >= 0.6 is 31.9 Å². The molecule has 1 N–H and O–H groups in total. The standard InChI is InChI=1S/C16H14Br2FNO/c1-20-15(14-12(18)3-2-4-13(14)19)11-8-10(17)7-9-5-6-21-16(9)11/h2-4,7-8,15,20H,5-6H2,1H3. The van der Waals surface area contributed by atoms with Gasteiger partial charge in [0.2, 0.25) is 0 Å². The fourth-order valence-electron chi connectivity index (χ4n) is 2.75. The molecule has 0 fully saturated rings. The zero-order chi connectivity index (χ0) is 15.0. The first-order valence-corrected chi connectivity index (χ1v) is 8.26. The van der Waals surface area contributed by atoms with Crippen LogP contribution < -0.4 is 10.1 Å². The van der Waals surface area contributed by atoms with Crippen LogP contribution in [0.4, 0.5) is 4.39 Å². The first-order chi connectivity index (χ1) is 10.1. The van der Waals surface area contributed by atoms with Crippen LogP contribution in [0.1, 0.15) is 22.7 Å². The van der Waals surface area contributed by atoms with Gasteiger partial charge in [0.25, 0.3) is 0 Å². The Labute approximate surface area is 140 Å². The Hall–Kier alpha value is -0.910. The van der Waals surface area contributed by atoms with Gasteiger partial charge in [-0.25, -0.2) is 4.39 Å². The summed E-state index contributed by atoms with van der Waals surface area (Å²) in [5.74, 6) is 0.628. The Bertz CT molecular complexity index is 670. The highest BCUT2D eigenvalue weighted by Crippen LogP contribution is 2.40. The van der Waals surface area contributed by atoms with Crippen molar-refractivity contribution < 1.29 is 9.13 Å². The zero-order valence-corrected chi connectivity index (χ0v) is 14.6. The van der Waals surface area contributed by atoms with E-state index in [1.807, 2.05) is 19.2 Å². The van der Waals surface area contributed by atoms with Crippen molar-refractivity contribution in [2.24, 2.45) is 0 Å². The van der Waals surface area contributed by atoms with E-state index in [1.165, 1.54) is 6.07 Å². The van der Waals surface area contributed by atoms with E-state index in [1.54, 1.807) is 6.07 Å². The van der Waals surface area contributed by atoms with E-state index in [0.717, 1.165) is 32.2 Å². The van der Waals surface area contributed by atoms with Crippen molar-refractivity contribution in [3.8, 4) is 5.75 Å². The molecule has 0 bridgehead atoms. The van der Waals surface area contributed by atoms with E-state index in [0.29, 0.717) is 12.2 Å². The molecule has 2 aromatic rings. The molecule has 110 valence electrons. The number of hydrogen-bond acceptors (Lipinski definition) is 2. The predicted molar refractivity (Wildman–Crippen MR) is 88.3 cm³/mol. The molecule has 1 unspecified atom stereocenters. The van der Waals surface area contributed by atoms with Crippen LogP contribution in [0.15, 0.2) is 39.3 Å². The summed E-state index contributed by atoms with van der Waals surface area (Å²) in [5, 5.41) is 3.20. The summed E-state index contributed by atoms with van der Waals surface area (Å²) >= 11 is 6.99. The predicted octanol–water partition coefficient (Wildman–Crippen LogP) is 4.59. The molecule has 0 saturated heterocycles. The molecule has 1 aliphatic heterocycles. The maximum atomic E-state index is 14.3. The highest BCUT2D eigenvalue weighted by molar-refractivity contribution is 9.10. The van der Waals surface area contributed by atoms with Gasteiger partial charge in [-0.3, -0.25) is 0 Å². The maximum absolute atomic E-state index is 14.3. The van der Waals surface area contributed by atoms with Crippen LogP contribution in [-0.4, -0.2) is 13.7 Å². The summed E-state index contributed by atoms with van der Waals surface area (Å²) < 4.78 is 21.8. The molecule has 0 aliphatic carbocycles. The van der Waals surface area contributed by atoms with Crippen LogP contribution in [0, 0.1) is 5.82 Å². The van der Waals surface area contributed by atoms with Gasteiger partial charge in [0, 0.05) is 26.5 Å². The largest absolute Gasteiger partial charge is 0.493 e. The van der Waals surface area contributed by atoms with Crippen LogP contribution in [0.5, 0.6) is 5.75 Å². The molecule has 1 heterocycles. The molecule has 5 heteroatoms. The van der Waals surface area contributed by atoms with Crippen molar-refractivity contribution in [2.75, 3.05) is 13.7 Å². The SMILES string of the molecule is CNC(c1cc(Br)cc2c1OCC2)c1c(F)cccc1Br. The molecule has 21 heavy (non-hydrogen) atoms. The number of halogens is 3. The highest BCUT2D eigenvalue weighted by atomic mass is 79.9. The number of nitrogens with one attached hydrogen (secondary N) is 1. The third kappa shape index (κ3) is 2.74. The Morgan fingerprint density at radius 3 is 2.81 bits per heavy atom. The lowest BCUT2D eigenvalue weighted by molar-refractivity contribution is 0.350. The summed E-state index contributed by atoms with van der Waals surface area (Å²) in [5.41, 5.74) is 2.70. The Morgan fingerprint density at radius 1 is 1.29 bits per heavy atom. The van der Waals surface area contributed by atoms with Crippen molar-refractivity contribution >= 4 is 31.9 Å². The number of ether oxygens (including phenoxy) is 1. The normalized spacial score (nSPS) is 14.7. The van der Waals surface area contributed by atoms with E-state index in [2.05, 4.69) is 43.2 Å². The summed E-state index contributed by atoms with van der Waals surface area (Å²) in [6.07, 6.45) is 0.886. The van der Waals surface area contributed by atoms with E-state index < -0.39 is 0 Å². The maximum Gasteiger partial charge on any atom is 0.129 e. The van der Waals surface area contributed by atoms with Gasteiger partial charge in [0.15, 0.2) is 0 Å². The quantitative estimate of drug-likeness (QED) is 0.792. The first kappa shape index (κ1) is 15.0. The molecular weight excluding hydrogens is 401 g/mol. The molecule has 2 aromatic carbocycles. The fraction of sp³-hybridized carbons (Fsp3) is 0.250. The number of fused-ring (bicyclic) bond motifs is 1. The minimum absolute atomic E-state index is 0.240. The highest BCUT2D eigenvalue weighted by Gasteiger charge is 2.26. The topological polar surface area (TPSA) is 21.3 Å². The van der Waals surface area contributed by atoms with Crippen molar-refractivity contribution in [3.05, 3.63) is 61.8 Å². The number of rotatable bonds is 3. The molecule has 1 aliphatic rings. The van der Waals surface area contributed by atoms with Crippen LogP contribution in [0.2, 0.25) is 0 Å². The molecule has 0 spiro atoms. The zero-order valence-electron chi connectivity index (χ0n) is 11.4. The molecule has 1 atom stereocenters. The fourth-order valence-corrected chi connectivity index (χ4v) is 3.85. The lowest BCUT2D eigenvalue weighted by Gasteiger charge is -2.22. The van der Waals surface area contributed by atoms with Crippen molar-refractivity contribution in [1.82, 2.24) is 5.32 Å². The van der Waals surface area contributed by atoms with Crippen molar-refractivity contribution in [1.29, 1.82) is 0 Å². The number of hydrogen-bond donors (Lipinski definition) is 1. The molecule has 2 nitrogen and oxygen atoms in total. The summed E-state index contributed by atoms with van der Waals surface area (Å²) in [4.78, 5) is 0. The Kier molecular flexibility index (Phi) is 4.33. The van der Waals surface area contributed by atoms with Crippen molar-refractivity contribution in [3.63, 3.8) is 0 Å². The van der Waals surface area contributed by atoms with Gasteiger partial charge < -0.3 is 10.1 Å². The van der Waals surface area contributed by atoms with Gasteiger partial charge in [0.05, 0.1) is 12.6 Å². The molecular formula is C16H14Br2FNO. The number of benzene rings is 2. The average Bonchev–Trinajstić information content (AvgIpc) is 2.90. The van der Waals surface area contributed by atoms with E-state index in [-0.39, 0.29) is 11.9 Å². The minimum atomic E-state index is -0.273. The Balaban J connectivity index is 2.18. The lowest BCUT2D eigenvalue weighted by Crippen LogP contribution is -2.20. The second-order valence-electron chi connectivity index (χ2n) is 4.94. The van der Waals surface area contributed by atoms with Crippen molar-refractivity contribution in [2.45, 2.75) is 12.5 Å². The second kappa shape index (κ2) is 6.07. The van der Waals surface area contributed by atoms with Gasteiger partial charge in [0.1, 0.15) is 11.6 Å². The van der Waals surface area contributed by atoms with Gasteiger partial charge >= 0.3 is 0 Å². The summed E-state index contributed by atoms with van der Waals surface area (Å²) in [6, 6.07) is 8.80. The monoisotopic (exact) mass is 413 g/mol. The van der Waals surface area contributed by atoms with E-state index in [9.17, 15) is 4.39 Å². The average molecular weight is 415 g/mol. The molecule has 0 saturated carbocycles. The third-order valence-electron chi connectivity index (χ3n) is 3.67.